The number of hydrogen-bond donors (Lipinski definition) is 0. The Hall–Kier alpha value is -1.42. The van der Waals surface area contributed by atoms with Crippen LogP contribution in [-0.4, -0.2) is 6.54 Å². The summed E-state index contributed by atoms with van der Waals surface area (Å²) >= 11 is 0. The van der Waals surface area contributed by atoms with Gasteiger partial charge in [0.15, 0.2) is 0 Å². The van der Waals surface area contributed by atoms with Crippen LogP contribution in [0.2, 0.25) is 0 Å². The van der Waals surface area contributed by atoms with Gasteiger partial charge in [-0.05, 0) is 30.5 Å². The van der Waals surface area contributed by atoms with Crippen molar-refractivity contribution in [1.82, 2.24) is 5.32 Å². The zero-order chi connectivity index (χ0) is 8.39. The Balaban J connectivity index is 2.44. The molecule has 1 aliphatic rings. The fraction of sp³-hybridized carbons (Fsp3) is 0.273. The molecule has 0 aromatic heterocycles. The van der Waals surface area contributed by atoms with Gasteiger partial charge in [0, 0.05) is 12.1 Å². The van der Waals surface area contributed by atoms with Gasteiger partial charge in [-0.25, -0.2) is 0 Å². The minimum absolute atomic E-state index is 0.930. The van der Waals surface area contributed by atoms with Gasteiger partial charge in [0.1, 0.15) is 0 Å². The number of benzene rings is 1. The molecule has 0 saturated heterocycles. The largest absolute Gasteiger partial charge is 0.285 e. The first kappa shape index (κ1) is 7.24. The summed E-state index contributed by atoms with van der Waals surface area (Å²) in [7, 11) is 0. The Bertz CT molecular complexity index is 333. The first-order chi connectivity index (χ1) is 5.90. The standard InChI is InChI=1S/C11H10N/c1-2-9-5-6-10-4-3-7-12-11(10)8-9/h1,5-6,8H,3-4,7H2. The fourth-order valence-corrected chi connectivity index (χ4v) is 1.48. The van der Waals surface area contributed by atoms with Crippen molar-refractivity contribution >= 4 is 5.69 Å². The van der Waals surface area contributed by atoms with Gasteiger partial charge in [-0.1, -0.05) is 12.0 Å². The first-order valence-electron chi connectivity index (χ1n) is 4.17. The number of nitrogens with zero attached hydrogens (tertiary/aromatic N) is 1. The summed E-state index contributed by atoms with van der Waals surface area (Å²) in [4.78, 5) is 0. The predicted octanol–water partition coefficient (Wildman–Crippen LogP) is 1.85. The Morgan fingerprint density at radius 1 is 1.42 bits per heavy atom. The molecule has 0 bridgehead atoms. The van der Waals surface area contributed by atoms with Crippen molar-refractivity contribution in [2.45, 2.75) is 12.8 Å². The predicted molar refractivity (Wildman–Crippen MR) is 49.4 cm³/mol. The molecule has 0 aliphatic carbocycles. The van der Waals surface area contributed by atoms with E-state index in [2.05, 4.69) is 17.3 Å². The number of rotatable bonds is 0. The van der Waals surface area contributed by atoms with Crippen LogP contribution < -0.4 is 5.32 Å². The molecule has 1 aliphatic heterocycles. The summed E-state index contributed by atoms with van der Waals surface area (Å²) in [6.07, 6.45) is 7.60. The third kappa shape index (κ3) is 1.16. The van der Waals surface area contributed by atoms with Gasteiger partial charge in [0.05, 0.1) is 5.69 Å². The molecular weight excluding hydrogens is 146 g/mol. The molecule has 0 fully saturated rings. The zero-order valence-electron chi connectivity index (χ0n) is 6.88. The van der Waals surface area contributed by atoms with E-state index in [0.29, 0.717) is 0 Å². The highest BCUT2D eigenvalue weighted by molar-refractivity contribution is 5.52. The van der Waals surface area contributed by atoms with Crippen LogP contribution >= 0.6 is 0 Å². The fourth-order valence-electron chi connectivity index (χ4n) is 1.48. The molecule has 12 heavy (non-hydrogen) atoms. The second-order valence-corrected chi connectivity index (χ2v) is 2.97. The van der Waals surface area contributed by atoms with E-state index in [1.807, 2.05) is 12.1 Å². The molecule has 2 rings (SSSR count). The maximum Gasteiger partial charge on any atom is 0.0618 e. The molecule has 1 radical (unpaired) electrons. The van der Waals surface area contributed by atoms with Crippen molar-refractivity contribution in [2.24, 2.45) is 0 Å². The normalized spacial score (nSPS) is 14.2. The number of terminal acetylenes is 1. The monoisotopic (exact) mass is 156 g/mol. The van der Waals surface area contributed by atoms with Crippen LogP contribution in [0.5, 0.6) is 0 Å². The lowest BCUT2D eigenvalue weighted by molar-refractivity contribution is 0.704. The third-order valence-electron chi connectivity index (χ3n) is 2.14. The molecule has 0 amide bonds. The van der Waals surface area contributed by atoms with Crippen LogP contribution in [0.3, 0.4) is 0 Å². The van der Waals surface area contributed by atoms with Gasteiger partial charge in [-0.2, -0.15) is 0 Å². The van der Waals surface area contributed by atoms with Crippen LogP contribution in [0.4, 0.5) is 5.69 Å². The van der Waals surface area contributed by atoms with Crippen molar-refractivity contribution in [3.63, 3.8) is 0 Å². The Kier molecular flexibility index (Phi) is 1.75. The zero-order valence-corrected chi connectivity index (χ0v) is 6.88. The summed E-state index contributed by atoms with van der Waals surface area (Å²) in [5, 5.41) is 4.41. The van der Waals surface area contributed by atoms with Crippen LogP contribution in [0.25, 0.3) is 0 Å². The second-order valence-electron chi connectivity index (χ2n) is 2.97. The van der Waals surface area contributed by atoms with Gasteiger partial charge in [0.2, 0.25) is 0 Å². The Morgan fingerprint density at radius 3 is 3.17 bits per heavy atom. The molecule has 59 valence electrons. The van der Waals surface area contributed by atoms with E-state index < -0.39 is 0 Å². The van der Waals surface area contributed by atoms with Gasteiger partial charge in [-0.15, -0.1) is 6.42 Å². The van der Waals surface area contributed by atoms with E-state index in [4.69, 9.17) is 6.42 Å². The SMILES string of the molecule is C#Cc1ccc2c(c1)[N]CCC2. The summed E-state index contributed by atoms with van der Waals surface area (Å²) < 4.78 is 0. The van der Waals surface area contributed by atoms with Gasteiger partial charge < -0.3 is 0 Å². The molecule has 0 atom stereocenters. The number of aryl methyl sites for hydroxylation is 1. The Labute approximate surface area is 72.8 Å². The van der Waals surface area contributed by atoms with Crippen molar-refractivity contribution < 1.29 is 0 Å². The molecule has 1 heteroatoms. The first-order valence-corrected chi connectivity index (χ1v) is 4.17. The molecule has 1 aromatic carbocycles. The van der Waals surface area contributed by atoms with E-state index in [9.17, 15) is 0 Å². The van der Waals surface area contributed by atoms with Gasteiger partial charge in [0.25, 0.3) is 0 Å². The maximum atomic E-state index is 5.29. The molecule has 1 nitrogen and oxygen atoms in total. The quantitative estimate of drug-likeness (QED) is 0.509. The lowest BCUT2D eigenvalue weighted by Crippen LogP contribution is -2.10. The lowest BCUT2D eigenvalue weighted by Gasteiger charge is -2.15. The van der Waals surface area contributed by atoms with Crippen LogP contribution in [0.15, 0.2) is 18.2 Å². The van der Waals surface area contributed by atoms with E-state index in [-0.39, 0.29) is 0 Å². The second kappa shape index (κ2) is 2.91. The minimum atomic E-state index is 0.930. The van der Waals surface area contributed by atoms with Crippen LogP contribution in [-0.2, 0) is 6.42 Å². The summed E-state index contributed by atoms with van der Waals surface area (Å²) in [6, 6.07) is 6.07. The molecule has 1 aromatic rings. The Morgan fingerprint density at radius 2 is 2.33 bits per heavy atom. The summed E-state index contributed by atoms with van der Waals surface area (Å²) in [6.45, 7) is 0.945. The lowest BCUT2D eigenvalue weighted by atomic mass is 10.0. The van der Waals surface area contributed by atoms with E-state index >= 15 is 0 Å². The topological polar surface area (TPSA) is 14.1 Å². The van der Waals surface area contributed by atoms with Crippen LogP contribution in [0, 0.1) is 12.3 Å². The molecule has 0 unspecified atom stereocenters. The molecule has 0 N–H and O–H groups in total. The maximum absolute atomic E-state index is 5.29. The third-order valence-corrected chi connectivity index (χ3v) is 2.14. The van der Waals surface area contributed by atoms with Crippen molar-refractivity contribution in [2.75, 3.05) is 6.54 Å². The van der Waals surface area contributed by atoms with Crippen molar-refractivity contribution in [3.05, 3.63) is 29.3 Å². The average molecular weight is 156 g/mol. The molecular formula is C11H10N. The highest BCUT2D eigenvalue weighted by Gasteiger charge is 2.08. The van der Waals surface area contributed by atoms with E-state index in [1.54, 1.807) is 0 Å². The van der Waals surface area contributed by atoms with Gasteiger partial charge in [-0.3, -0.25) is 5.32 Å². The van der Waals surface area contributed by atoms with Crippen LogP contribution in [0.1, 0.15) is 17.5 Å². The number of fused-ring (bicyclic) bond motifs is 1. The smallest absolute Gasteiger partial charge is 0.0618 e. The van der Waals surface area contributed by atoms with Crippen molar-refractivity contribution in [3.8, 4) is 12.3 Å². The van der Waals surface area contributed by atoms with Gasteiger partial charge >= 0.3 is 0 Å². The summed E-state index contributed by atoms with van der Waals surface area (Å²) in [5.41, 5.74) is 3.36. The molecule has 0 saturated carbocycles. The summed E-state index contributed by atoms with van der Waals surface area (Å²) in [5.74, 6) is 2.62. The minimum Gasteiger partial charge on any atom is -0.285 e. The van der Waals surface area contributed by atoms with E-state index in [1.165, 1.54) is 12.0 Å². The highest BCUT2D eigenvalue weighted by Crippen LogP contribution is 2.22. The molecule has 1 heterocycles. The molecule has 0 spiro atoms. The number of hydrogen-bond acceptors (Lipinski definition) is 0. The van der Waals surface area contributed by atoms with E-state index in [0.717, 1.165) is 24.2 Å². The highest BCUT2D eigenvalue weighted by atomic mass is 14.9. The average Bonchev–Trinajstić information content (AvgIpc) is 2.17. The van der Waals surface area contributed by atoms with Crippen molar-refractivity contribution in [1.29, 1.82) is 0 Å².